The third-order valence-corrected chi connectivity index (χ3v) is 4.80. The van der Waals surface area contributed by atoms with E-state index in [1.54, 1.807) is 23.3 Å². The predicted molar refractivity (Wildman–Crippen MR) is 114 cm³/mol. The minimum absolute atomic E-state index is 0.0568. The van der Waals surface area contributed by atoms with Gasteiger partial charge in [0.25, 0.3) is 0 Å². The molecule has 9 nitrogen and oxygen atoms in total. The first-order valence-electron chi connectivity index (χ1n) is 9.86. The lowest BCUT2D eigenvalue weighted by atomic mass is 10.1. The molecule has 4 aromatic heterocycles. The molecule has 0 spiro atoms. The maximum absolute atomic E-state index is 8.91. The fourth-order valence-corrected chi connectivity index (χ4v) is 3.38. The lowest BCUT2D eigenvalue weighted by Gasteiger charge is -2.06. The number of aromatic nitrogens is 7. The number of hydrogen-bond acceptors (Lipinski definition) is 8. The van der Waals surface area contributed by atoms with Gasteiger partial charge in [0.2, 0.25) is 11.5 Å². The van der Waals surface area contributed by atoms with E-state index in [9.17, 15) is 0 Å². The number of nitrogens with zero attached hydrogens (tertiary/aromatic N) is 7. The van der Waals surface area contributed by atoms with Crippen molar-refractivity contribution >= 4 is 22.2 Å². The number of aliphatic hydroxyl groups is 1. The van der Waals surface area contributed by atoms with Crippen LogP contribution in [0.1, 0.15) is 16.8 Å². The van der Waals surface area contributed by atoms with Gasteiger partial charge in [-0.25, -0.2) is 19.6 Å². The van der Waals surface area contributed by atoms with Gasteiger partial charge >= 0.3 is 0 Å². The van der Waals surface area contributed by atoms with Crippen LogP contribution in [-0.4, -0.2) is 53.3 Å². The largest absolute Gasteiger partial charge is 0.475 e. The molecule has 1 N–H and O–H groups in total. The van der Waals surface area contributed by atoms with Crippen molar-refractivity contribution in [1.29, 1.82) is 0 Å². The standard InChI is InChI=1S/C22H19N7O2/c30-8-9-31-20-12-15(5-7-24-20)11-18-13-25-21-22(26-18)29(28-27-21)14-16-3-4-19-17(10-16)2-1-6-23-19/h1-7,10,12-13,30H,8-9,11,14H2. The molecule has 0 bridgehead atoms. The molecule has 9 heteroatoms. The normalized spacial score (nSPS) is 11.3. The van der Waals surface area contributed by atoms with Gasteiger partial charge in [-0.2, -0.15) is 0 Å². The van der Waals surface area contributed by atoms with E-state index in [1.165, 1.54) is 0 Å². The van der Waals surface area contributed by atoms with Gasteiger partial charge in [0.15, 0.2) is 5.65 Å². The van der Waals surface area contributed by atoms with Crippen molar-refractivity contribution in [2.45, 2.75) is 13.0 Å². The second kappa shape index (κ2) is 8.41. The van der Waals surface area contributed by atoms with E-state index in [1.807, 2.05) is 36.4 Å². The van der Waals surface area contributed by atoms with Gasteiger partial charge in [-0.15, -0.1) is 5.10 Å². The Hall–Kier alpha value is -3.98. The Morgan fingerprint density at radius 1 is 0.968 bits per heavy atom. The molecule has 0 atom stereocenters. The minimum atomic E-state index is -0.0568. The molecule has 0 unspecified atom stereocenters. The Morgan fingerprint density at radius 3 is 2.87 bits per heavy atom. The van der Waals surface area contributed by atoms with Gasteiger partial charge in [0, 0.05) is 30.3 Å². The first-order chi connectivity index (χ1) is 15.3. The van der Waals surface area contributed by atoms with Crippen LogP contribution in [0.5, 0.6) is 5.88 Å². The molecule has 0 saturated carbocycles. The van der Waals surface area contributed by atoms with Crippen LogP contribution in [0.3, 0.4) is 0 Å². The van der Waals surface area contributed by atoms with Gasteiger partial charge in [0.1, 0.15) is 6.61 Å². The van der Waals surface area contributed by atoms with Crippen molar-refractivity contribution in [3.05, 3.63) is 77.9 Å². The van der Waals surface area contributed by atoms with E-state index in [-0.39, 0.29) is 13.2 Å². The summed E-state index contributed by atoms with van der Waals surface area (Å²) in [4.78, 5) is 17.7. The fourth-order valence-electron chi connectivity index (χ4n) is 3.38. The summed E-state index contributed by atoms with van der Waals surface area (Å²) in [6.45, 7) is 0.685. The molecule has 0 radical (unpaired) electrons. The number of pyridine rings is 2. The molecule has 5 rings (SSSR count). The predicted octanol–water partition coefficient (Wildman–Crippen LogP) is 2.17. The zero-order valence-corrected chi connectivity index (χ0v) is 16.6. The van der Waals surface area contributed by atoms with Crippen LogP contribution in [0, 0.1) is 0 Å². The molecular formula is C22H19N7O2. The summed E-state index contributed by atoms with van der Waals surface area (Å²) in [7, 11) is 0. The second-order valence-corrected chi connectivity index (χ2v) is 7.04. The maximum Gasteiger partial charge on any atom is 0.221 e. The minimum Gasteiger partial charge on any atom is -0.475 e. The van der Waals surface area contributed by atoms with Crippen LogP contribution in [0.25, 0.3) is 22.2 Å². The third kappa shape index (κ3) is 4.17. The Bertz CT molecular complexity index is 1350. The number of ether oxygens (including phenoxy) is 1. The van der Waals surface area contributed by atoms with Crippen LogP contribution in [0.2, 0.25) is 0 Å². The molecule has 0 amide bonds. The topological polar surface area (TPSA) is 112 Å². The zero-order chi connectivity index (χ0) is 21.0. The van der Waals surface area contributed by atoms with Crippen LogP contribution in [-0.2, 0) is 13.0 Å². The molecule has 0 aliphatic rings. The number of aliphatic hydroxyl groups excluding tert-OH is 1. The molecule has 0 aliphatic heterocycles. The van der Waals surface area contributed by atoms with Gasteiger partial charge in [0.05, 0.1) is 30.6 Å². The molecule has 0 fully saturated rings. The SMILES string of the molecule is OCCOc1cc(Cc2cnc3nnn(Cc4ccc5ncccc5c4)c3n2)ccn1. The van der Waals surface area contributed by atoms with Gasteiger partial charge in [-0.05, 0) is 35.4 Å². The summed E-state index contributed by atoms with van der Waals surface area (Å²) in [5, 5.41) is 18.4. The number of benzene rings is 1. The first kappa shape index (κ1) is 19.0. The molecule has 4 heterocycles. The molecule has 154 valence electrons. The average molecular weight is 413 g/mol. The van der Waals surface area contributed by atoms with Crippen LogP contribution in [0.15, 0.2) is 61.1 Å². The Kier molecular flexibility index (Phi) is 5.16. The summed E-state index contributed by atoms with van der Waals surface area (Å²) in [6, 6.07) is 13.8. The van der Waals surface area contributed by atoms with Crippen LogP contribution in [0.4, 0.5) is 0 Å². The van der Waals surface area contributed by atoms with Crippen molar-refractivity contribution in [3.8, 4) is 5.88 Å². The maximum atomic E-state index is 8.91. The van der Waals surface area contributed by atoms with Crippen molar-refractivity contribution in [2.75, 3.05) is 13.2 Å². The fraction of sp³-hybridized carbons (Fsp3) is 0.182. The van der Waals surface area contributed by atoms with Gasteiger partial charge < -0.3 is 9.84 Å². The lowest BCUT2D eigenvalue weighted by molar-refractivity contribution is 0.196. The van der Waals surface area contributed by atoms with E-state index in [4.69, 9.17) is 14.8 Å². The average Bonchev–Trinajstić information content (AvgIpc) is 3.20. The summed E-state index contributed by atoms with van der Waals surface area (Å²) >= 11 is 0. The first-order valence-corrected chi connectivity index (χ1v) is 9.86. The Morgan fingerprint density at radius 2 is 1.94 bits per heavy atom. The summed E-state index contributed by atoms with van der Waals surface area (Å²) in [5.41, 5.74) is 4.95. The van der Waals surface area contributed by atoms with Gasteiger partial charge in [-0.1, -0.05) is 17.3 Å². The second-order valence-electron chi connectivity index (χ2n) is 7.04. The summed E-state index contributed by atoms with van der Waals surface area (Å²) < 4.78 is 7.14. The summed E-state index contributed by atoms with van der Waals surface area (Å²) in [6.07, 6.45) is 5.73. The highest BCUT2D eigenvalue weighted by molar-refractivity contribution is 5.79. The summed E-state index contributed by atoms with van der Waals surface area (Å²) in [5.74, 6) is 0.470. The molecular weight excluding hydrogens is 394 g/mol. The van der Waals surface area contributed by atoms with Crippen molar-refractivity contribution in [2.24, 2.45) is 0 Å². The Labute approximate surface area is 177 Å². The van der Waals surface area contributed by atoms with Crippen molar-refractivity contribution in [3.63, 3.8) is 0 Å². The highest BCUT2D eigenvalue weighted by Gasteiger charge is 2.11. The van der Waals surface area contributed by atoms with E-state index in [0.29, 0.717) is 30.1 Å². The quantitative estimate of drug-likeness (QED) is 0.432. The van der Waals surface area contributed by atoms with E-state index < -0.39 is 0 Å². The van der Waals surface area contributed by atoms with E-state index in [0.717, 1.165) is 27.7 Å². The molecule has 5 aromatic rings. The Balaban J connectivity index is 1.40. The molecule has 1 aromatic carbocycles. The number of hydrogen-bond donors (Lipinski definition) is 1. The van der Waals surface area contributed by atoms with Gasteiger partial charge in [-0.3, -0.25) is 4.98 Å². The lowest BCUT2D eigenvalue weighted by Crippen LogP contribution is -2.05. The monoisotopic (exact) mass is 413 g/mol. The highest BCUT2D eigenvalue weighted by Crippen LogP contribution is 2.17. The highest BCUT2D eigenvalue weighted by atomic mass is 16.5. The number of rotatable bonds is 7. The smallest absolute Gasteiger partial charge is 0.221 e. The molecule has 0 saturated heterocycles. The van der Waals surface area contributed by atoms with E-state index in [2.05, 4.69) is 31.3 Å². The zero-order valence-electron chi connectivity index (χ0n) is 16.6. The third-order valence-electron chi connectivity index (χ3n) is 4.80. The van der Waals surface area contributed by atoms with Crippen molar-refractivity contribution < 1.29 is 9.84 Å². The molecule has 0 aliphatic carbocycles. The van der Waals surface area contributed by atoms with Crippen LogP contribution < -0.4 is 4.74 Å². The molecule has 31 heavy (non-hydrogen) atoms. The van der Waals surface area contributed by atoms with Crippen LogP contribution >= 0.6 is 0 Å². The number of fused-ring (bicyclic) bond motifs is 2. The van der Waals surface area contributed by atoms with Crippen molar-refractivity contribution in [1.82, 2.24) is 34.9 Å². The van der Waals surface area contributed by atoms with E-state index >= 15 is 0 Å².